The molecule has 1 heterocycles. The fraction of sp³-hybridized carbons (Fsp3) is 0.192. The lowest BCUT2D eigenvalue weighted by atomic mass is 10.1. The van der Waals surface area contributed by atoms with Gasteiger partial charge in [0, 0.05) is 24.9 Å². The van der Waals surface area contributed by atoms with Crippen LogP contribution in [-0.2, 0) is 9.78 Å². The molecule has 0 aliphatic carbocycles. The summed E-state index contributed by atoms with van der Waals surface area (Å²) < 4.78 is 5.31. The third kappa shape index (κ3) is 6.36. The molecule has 10 nitrogen and oxygen atoms in total. The van der Waals surface area contributed by atoms with E-state index >= 15 is 0 Å². The van der Waals surface area contributed by atoms with E-state index < -0.39 is 5.54 Å². The predicted octanol–water partition coefficient (Wildman–Crippen LogP) is 5.07. The summed E-state index contributed by atoms with van der Waals surface area (Å²) in [7, 11) is 3.20. The highest BCUT2D eigenvalue weighted by molar-refractivity contribution is 6.33. The maximum Gasteiger partial charge on any atom is 0.243 e. The summed E-state index contributed by atoms with van der Waals surface area (Å²) in [6.07, 6.45) is 0. The molecule has 1 amide bonds. The lowest BCUT2D eigenvalue weighted by Crippen LogP contribution is -2.45. The molecular formula is C26H27ClN6O4. The summed E-state index contributed by atoms with van der Waals surface area (Å²) in [5.41, 5.74) is 7.24. The number of carbonyl (C=O) groups excluding carboxylic acids is 1. The Balaban J connectivity index is 1.58. The average Bonchev–Trinajstić information content (AvgIpc) is 2.87. The molecule has 4 N–H and O–H groups in total. The van der Waals surface area contributed by atoms with Crippen molar-refractivity contribution in [1.82, 2.24) is 9.97 Å². The van der Waals surface area contributed by atoms with Crippen molar-refractivity contribution in [1.29, 1.82) is 0 Å². The predicted molar refractivity (Wildman–Crippen MR) is 144 cm³/mol. The Morgan fingerprint density at radius 3 is 2.43 bits per heavy atom. The Morgan fingerprint density at radius 2 is 1.73 bits per heavy atom. The van der Waals surface area contributed by atoms with Gasteiger partial charge in [0.25, 0.3) is 0 Å². The van der Waals surface area contributed by atoms with Crippen molar-refractivity contribution in [2.75, 3.05) is 29.9 Å². The minimum absolute atomic E-state index is 0.332. The van der Waals surface area contributed by atoms with Crippen LogP contribution in [-0.4, -0.2) is 35.6 Å². The number of hydrogen-bond acceptors (Lipinski definition) is 9. The molecule has 0 aliphatic heterocycles. The minimum Gasteiger partial charge on any atom is -0.497 e. The third-order valence-electron chi connectivity index (χ3n) is 5.20. The number of nitrogens with zero attached hydrogens (tertiary/aromatic N) is 3. The molecule has 4 rings (SSSR count). The number of aromatic nitrogens is 2. The van der Waals surface area contributed by atoms with Crippen LogP contribution in [0.15, 0.2) is 66.7 Å². The van der Waals surface area contributed by atoms with Gasteiger partial charge in [0.05, 0.1) is 34.4 Å². The van der Waals surface area contributed by atoms with Gasteiger partial charge in [0.1, 0.15) is 5.75 Å². The van der Waals surface area contributed by atoms with E-state index in [9.17, 15) is 4.79 Å². The summed E-state index contributed by atoms with van der Waals surface area (Å²) in [6, 6.07) is 19.4. The number of anilines is 4. The zero-order valence-corrected chi connectivity index (χ0v) is 21.5. The minimum atomic E-state index is -1.03. The first-order chi connectivity index (χ1) is 17.6. The number of methoxy groups -OCH3 is 1. The Labute approximate surface area is 219 Å². The van der Waals surface area contributed by atoms with Crippen LogP contribution >= 0.6 is 11.6 Å². The summed E-state index contributed by atoms with van der Waals surface area (Å²) >= 11 is 6.40. The van der Waals surface area contributed by atoms with E-state index in [0.29, 0.717) is 50.6 Å². The number of nitrogens with two attached hydrogens (primary N) is 1. The Bertz CT molecular complexity index is 1430. The number of para-hydroxylation sites is 2. The molecule has 0 saturated heterocycles. The third-order valence-corrected chi connectivity index (χ3v) is 5.53. The standard InChI is InChI=1S/C26H27ClN6O4/c1-26(2,28)25(34)29-16-8-7-9-18(14-16)36-37-33(3)24-23(30-20-10-5-6-11-21(20)32-24)31-22-15-17(35-4)12-13-19(22)27/h5-15H,28H2,1-4H3,(H,29,34)(H,30,31). The molecule has 11 heteroatoms. The van der Waals surface area contributed by atoms with Gasteiger partial charge in [-0.3, -0.25) is 4.79 Å². The highest BCUT2D eigenvalue weighted by atomic mass is 35.5. The Morgan fingerprint density at radius 1 is 1.00 bits per heavy atom. The zero-order valence-electron chi connectivity index (χ0n) is 20.8. The lowest BCUT2D eigenvalue weighted by molar-refractivity contribution is -0.214. The van der Waals surface area contributed by atoms with Gasteiger partial charge < -0.3 is 26.0 Å². The summed E-state index contributed by atoms with van der Waals surface area (Å²) in [5.74, 6) is 1.36. The Hall–Kier alpha value is -4.12. The molecule has 4 aromatic rings. The first-order valence-electron chi connectivity index (χ1n) is 11.3. The van der Waals surface area contributed by atoms with Crippen LogP contribution in [0.5, 0.6) is 11.5 Å². The van der Waals surface area contributed by atoms with Gasteiger partial charge in [-0.25, -0.2) is 9.97 Å². The van der Waals surface area contributed by atoms with Crippen LogP contribution in [0.1, 0.15) is 13.8 Å². The van der Waals surface area contributed by atoms with E-state index in [1.54, 1.807) is 70.5 Å². The number of ether oxygens (including phenoxy) is 1. The van der Waals surface area contributed by atoms with Gasteiger partial charge in [-0.05, 0) is 50.2 Å². The molecule has 3 aromatic carbocycles. The van der Waals surface area contributed by atoms with Crippen LogP contribution in [0.2, 0.25) is 5.02 Å². The number of hydroxylamine groups is 1. The summed E-state index contributed by atoms with van der Waals surface area (Å²) in [4.78, 5) is 32.6. The molecule has 0 saturated carbocycles. The van der Waals surface area contributed by atoms with Crippen molar-refractivity contribution in [3.05, 3.63) is 71.8 Å². The van der Waals surface area contributed by atoms with Crippen LogP contribution in [0.3, 0.4) is 0 Å². The molecule has 0 fully saturated rings. The zero-order chi connectivity index (χ0) is 26.6. The van der Waals surface area contributed by atoms with Gasteiger partial charge in [-0.1, -0.05) is 34.8 Å². The van der Waals surface area contributed by atoms with E-state index in [-0.39, 0.29) is 5.91 Å². The van der Waals surface area contributed by atoms with Crippen LogP contribution < -0.4 is 31.1 Å². The molecule has 0 unspecified atom stereocenters. The molecule has 0 radical (unpaired) electrons. The average molecular weight is 523 g/mol. The van der Waals surface area contributed by atoms with Gasteiger partial charge in [-0.2, -0.15) is 5.06 Å². The number of halogens is 1. The number of hydrogen-bond donors (Lipinski definition) is 3. The van der Waals surface area contributed by atoms with Crippen molar-refractivity contribution in [3.63, 3.8) is 0 Å². The second-order valence-electron chi connectivity index (χ2n) is 8.71. The van der Waals surface area contributed by atoms with E-state index in [0.717, 1.165) is 0 Å². The van der Waals surface area contributed by atoms with E-state index in [4.69, 9.17) is 41.9 Å². The normalized spacial score (nSPS) is 11.2. The topological polar surface area (TPSA) is 124 Å². The maximum absolute atomic E-state index is 12.2. The molecule has 0 spiro atoms. The fourth-order valence-electron chi connectivity index (χ4n) is 3.20. The first kappa shape index (κ1) is 26.0. The number of fused-ring (bicyclic) bond motifs is 1. The molecule has 0 aliphatic rings. The van der Waals surface area contributed by atoms with Crippen molar-refractivity contribution in [2.45, 2.75) is 19.4 Å². The molecule has 0 atom stereocenters. The van der Waals surface area contributed by atoms with Crippen molar-refractivity contribution < 1.29 is 19.4 Å². The lowest BCUT2D eigenvalue weighted by Gasteiger charge is -2.20. The van der Waals surface area contributed by atoms with Crippen molar-refractivity contribution in [2.24, 2.45) is 5.73 Å². The molecule has 1 aromatic heterocycles. The van der Waals surface area contributed by atoms with Gasteiger partial charge in [0.15, 0.2) is 17.4 Å². The number of rotatable bonds is 9. The molecule has 37 heavy (non-hydrogen) atoms. The summed E-state index contributed by atoms with van der Waals surface area (Å²) in [5, 5.41) is 7.75. The van der Waals surface area contributed by atoms with Crippen LogP contribution in [0.4, 0.5) is 23.0 Å². The number of carbonyl (C=O) groups is 1. The Kier molecular flexibility index (Phi) is 7.63. The fourth-order valence-corrected chi connectivity index (χ4v) is 3.37. The maximum atomic E-state index is 12.2. The van der Waals surface area contributed by atoms with E-state index in [2.05, 4.69) is 10.6 Å². The smallest absolute Gasteiger partial charge is 0.243 e. The van der Waals surface area contributed by atoms with Crippen molar-refractivity contribution >= 4 is 51.6 Å². The number of nitrogens with one attached hydrogen (secondary N) is 2. The number of amides is 1. The molecular weight excluding hydrogens is 496 g/mol. The van der Waals surface area contributed by atoms with E-state index in [1.165, 1.54) is 5.06 Å². The van der Waals surface area contributed by atoms with Crippen LogP contribution in [0, 0.1) is 0 Å². The highest BCUT2D eigenvalue weighted by Crippen LogP contribution is 2.33. The molecule has 192 valence electrons. The van der Waals surface area contributed by atoms with Gasteiger partial charge in [0.2, 0.25) is 5.91 Å². The van der Waals surface area contributed by atoms with E-state index in [1.807, 2.05) is 24.3 Å². The van der Waals surface area contributed by atoms with Gasteiger partial charge in [-0.15, -0.1) is 0 Å². The second kappa shape index (κ2) is 10.9. The SMILES string of the molecule is COc1ccc(Cl)c(Nc2nc3ccccc3nc2N(C)OOc2cccc(NC(=O)C(C)(C)N)c2)c1. The van der Waals surface area contributed by atoms with Crippen molar-refractivity contribution in [3.8, 4) is 11.5 Å². The quantitative estimate of drug-likeness (QED) is 0.204. The first-order valence-corrected chi connectivity index (χ1v) is 11.7. The monoisotopic (exact) mass is 522 g/mol. The number of benzene rings is 3. The highest BCUT2D eigenvalue weighted by Gasteiger charge is 2.22. The molecule has 0 bridgehead atoms. The largest absolute Gasteiger partial charge is 0.497 e. The summed E-state index contributed by atoms with van der Waals surface area (Å²) in [6.45, 7) is 3.24. The van der Waals surface area contributed by atoms with Crippen LogP contribution in [0.25, 0.3) is 11.0 Å². The second-order valence-corrected chi connectivity index (χ2v) is 9.12. The van der Waals surface area contributed by atoms with Gasteiger partial charge >= 0.3 is 0 Å².